The van der Waals surface area contributed by atoms with Crippen molar-refractivity contribution in [2.24, 2.45) is 17.3 Å². The summed E-state index contributed by atoms with van der Waals surface area (Å²) in [5.41, 5.74) is 0.348. The van der Waals surface area contributed by atoms with Gasteiger partial charge in [-0.3, -0.25) is 4.79 Å². The molecule has 0 radical (unpaired) electrons. The van der Waals surface area contributed by atoms with E-state index in [1.54, 1.807) is 0 Å². The zero-order valence-corrected chi connectivity index (χ0v) is 17.7. The van der Waals surface area contributed by atoms with E-state index in [0.29, 0.717) is 17.9 Å². The number of hydrogen-bond acceptors (Lipinski definition) is 5. The van der Waals surface area contributed by atoms with Crippen LogP contribution in [0.5, 0.6) is 0 Å². The second-order valence-corrected chi connectivity index (χ2v) is 8.56. The van der Waals surface area contributed by atoms with Crippen molar-refractivity contribution >= 4 is 11.9 Å². The molecule has 1 amide bonds. The first-order valence-corrected chi connectivity index (χ1v) is 10.5. The van der Waals surface area contributed by atoms with E-state index in [1.807, 2.05) is 11.8 Å². The molecule has 30 heavy (non-hydrogen) atoms. The van der Waals surface area contributed by atoms with Crippen molar-refractivity contribution in [1.29, 1.82) is 0 Å². The van der Waals surface area contributed by atoms with Gasteiger partial charge in [-0.05, 0) is 51.0 Å². The molecule has 1 N–H and O–H groups in total. The van der Waals surface area contributed by atoms with Crippen LogP contribution in [0.1, 0.15) is 32.6 Å². The predicted molar refractivity (Wildman–Crippen MR) is 103 cm³/mol. The van der Waals surface area contributed by atoms with Gasteiger partial charge in [-0.15, -0.1) is 0 Å². The van der Waals surface area contributed by atoms with Crippen LogP contribution in [0.15, 0.2) is 0 Å². The first-order chi connectivity index (χ1) is 14.1. The van der Waals surface area contributed by atoms with E-state index in [1.165, 1.54) is 12.8 Å². The van der Waals surface area contributed by atoms with E-state index in [4.69, 9.17) is 19.4 Å². The highest BCUT2D eigenvalue weighted by atomic mass is 19.4. The number of carboxylic acid groups (broad SMARTS) is 1. The number of piperidine rings is 1. The summed E-state index contributed by atoms with van der Waals surface area (Å²) in [6.07, 6.45) is -0.168. The van der Waals surface area contributed by atoms with E-state index in [-0.39, 0.29) is 12.5 Å². The summed E-state index contributed by atoms with van der Waals surface area (Å²) in [7, 11) is 2.22. The number of carbonyl (C=O) groups is 2. The van der Waals surface area contributed by atoms with Crippen LogP contribution in [0.2, 0.25) is 0 Å². The smallest absolute Gasteiger partial charge is 0.475 e. The summed E-state index contributed by atoms with van der Waals surface area (Å²) in [4.78, 5) is 25.5. The molecule has 1 spiro atoms. The number of likely N-dealkylation sites (tertiary alicyclic amines) is 2. The summed E-state index contributed by atoms with van der Waals surface area (Å²) in [5, 5.41) is 7.12. The molecule has 3 aliphatic rings. The maximum atomic E-state index is 12.1. The number of hydrogen-bond donors (Lipinski definition) is 1. The Morgan fingerprint density at radius 3 is 2.23 bits per heavy atom. The molecule has 1 saturated carbocycles. The molecule has 1 aliphatic carbocycles. The molecule has 3 rings (SSSR count). The van der Waals surface area contributed by atoms with Crippen molar-refractivity contribution in [2.45, 2.75) is 38.8 Å². The lowest BCUT2D eigenvalue weighted by Crippen LogP contribution is -2.48. The van der Waals surface area contributed by atoms with Gasteiger partial charge in [0.25, 0.3) is 0 Å². The lowest BCUT2D eigenvalue weighted by atomic mass is 9.71. The van der Waals surface area contributed by atoms with Gasteiger partial charge in [0.2, 0.25) is 5.91 Å². The SMILES string of the molecule is CCOCC(=O)N1CCC2(CC1)CN(C)CC2COCC1CC1.O=C(O)C(F)(F)F. The lowest BCUT2D eigenvalue weighted by molar-refractivity contribution is -0.192. The number of aliphatic carboxylic acids is 1. The van der Waals surface area contributed by atoms with Crippen LogP contribution in [0.4, 0.5) is 13.2 Å². The zero-order chi connectivity index (χ0) is 22.4. The number of carboxylic acids is 1. The molecule has 0 aromatic heterocycles. The van der Waals surface area contributed by atoms with Gasteiger partial charge in [0, 0.05) is 45.3 Å². The fourth-order valence-electron chi connectivity index (χ4n) is 4.24. The minimum Gasteiger partial charge on any atom is -0.475 e. The zero-order valence-electron chi connectivity index (χ0n) is 17.7. The minimum absolute atomic E-state index is 0.148. The molecule has 2 aliphatic heterocycles. The van der Waals surface area contributed by atoms with Crippen molar-refractivity contribution in [1.82, 2.24) is 9.80 Å². The third-order valence-electron chi connectivity index (χ3n) is 6.14. The average Bonchev–Trinajstić information content (AvgIpc) is 3.44. The molecular weight excluding hydrogens is 405 g/mol. The van der Waals surface area contributed by atoms with Gasteiger partial charge in [-0.2, -0.15) is 13.2 Å². The van der Waals surface area contributed by atoms with Crippen molar-refractivity contribution in [3.8, 4) is 0 Å². The number of rotatable bonds is 7. The number of nitrogens with zero attached hydrogens (tertiary/aromatic N) is 2. The Balaban J connectivity index is 0.000000396. The molecule has 0 bridgehead atoms. The number of ether oxygens (including phenoxy) is 2. The van der Waals surface area contributed by atoms with E-state index in [0.717, 1.165) is 58.2 Å². The average molecular weight is 438 g/mol. The number of halogens is 3. The van der Waals surface area contributed by atoms with Gasteiger partial charge in [0.15, 0.2) is 0 Å². The first kappa shape index (κ1) is 24.9. The summed E-state index contributed by atoms with van der Waals surface area (Å²) >= 11 is 0. The number of amides is 1. The predicted octanol–water partition coefficient (Wildman–Crippen LogP) is 2.25. The third kappa shape index (κ3) is 7.39. The summed E-state index contributed by atoms with van der Waals surface area (Å²) in [6, 6.07) is 0. The van der Waals surface area contributed by atoms with Gasteiger partial charge in [-0.25, -0.2) is 4.79 Å². The van der Waals surface area contributed by atoms with Crippen LogP contribution >= 0.6 is 0 Å². The Labute approximate surface area is 175 Å². The molecule has 3 fully saturated rings. The van der Waals surface area contributed by atoms with E-state index < -0.39 is 12.1 Å². The highest BCUT2D eigenvalue weighted by molar-refractivity contribution is 5.77. The van der Waals surface area contributed by atoms with Crippen molar-refractivity contribution in [2.75, 3.05) is 59.7 Å². The van der Waals surface area contributed by atoms with Gasteiger partial charge < -0.3 is 24.4 Å². The minimum atomic E-state index is -5.08. The topological polar surface area (TPSA) is 79.3 Å². The van der Waals surface area contributed by atoms with E-state index >= 15 is 0 Å². The normalized spacial score (nSPS) is 23.9. The van der Waals surface area contributed by atoms with Crippen LogP contribution < -0.4 is 0 Å². The second-order valence-electron chi connectivity index (χ2n) is 8.56. The van der Waals surface area contributed by atoms with Gasteiger partial charge >= 0.3 is 12.1 Å². The molecule has 0 aromatic rings. The molecular formula is C20H33F3N2O5. The molecule has 2 saturated heterocycles. The molecule has 7 nitrogen and oxygen atoms in total. The highest BCUT2D eigenvalue weighted by Crippen LogP contribution is 2.44. The van der Waals surface area contributed by atoms with Crippen molar-refractivity contribution in [3.63, 3.8) is 0 Å². The Morgan fingerprint density at radius 2 is 1.73 bits per heavy atom. The Morgan fingerprint density at radius 1 is 1.13 bits per heavy atom. The molecule has 10 heteroatoms. The van der Waals surface area contributed by atoms with Crippen LogP contribution in [0, 0.1) is 17.3 Å². The second kappa shape index (κ2) is 10.8. The largest absolute Gasteiger partial charge is 0.490 e. The number of carbonyl (C=O) groups excluding carboxylic acids is 1. The third-order valence-corrected chi connectivity index (χ3v) is 6.14. The van der Waals surface area contributed by atoms with E-state index in [2.05, 4.69) is 11.9 Å². The lowest BCUT2D eigenvalue weighted by Gasteiger charge is -2.42. The van der Waals surface area contributed by atoms with Gasteiger partial charge in [0.1, 0.15) is 6.61 Å². The van der Waals surface area contributed by atoms with Gasteiger partial charge in [-0.1, -0.05) is 0 Å². The first-order valence-electron chi connectivity index (χ1n) is 10.5. The fourth-order valence-corrected chi connectivity index (χ4v) is 4.24. The van der Waals surface area contributed by atoms with Gasteiger partial charge in [0.05, 0.1) is 6.61 Å². The maximum absolute atomic E-state index is 12.1. The molecule has 1 atom stereocenters. The van der Waals surface area contributed by atoms with Crippen LogP contribution in [0.3, 0.4) is 0 Å². The monoisotopic (exact) mass is 438 g/mol. The Kier molecular flexibility index (Phi) is 8.93. The van der Waals surface area contributed by atoms with Crippen LogP contribution in [-0.4, -0.2) is 92.6 Å². The van der Waals surface area contributed by atoms with Crippen LogP contribution in [0.25, 0.3) is 0 Å². The summed E-state index contributed by atoms with van der Waals surface area (Å²) < 4.78 is 43.0. The molecule has 1 unspecified atom stereocenters. The highest BCUT2D eigenvalue weighted by Gasteiger charge is 2.47. The molecule has 2 heterocycles. The molecule has 0 aromatic carbocycles. The van der Waals surface area contributed by atoms with E-state index in [9.17, 15) is 18.0 Å². The van der Waals surface area contributed by atoms with Crippen molar-refractivity contribution in [3.05, 3.63) is 0 Å². The number of alkyl halides is 3. The fraction of sp³-hybridized carbons (Fsp3) is 0.900. The summed E-state index contributed by atoms with van der Waals surface area (Å²) in [6.45, 7) is 8.65. The maximum Gasteiger partial charge on any atom is 0.490 e. The Bertz CT molecular complexity index is 575. The quantitative estimate of drug-likeness (QED) is 0.657. The Hall–Kier alpha value is -1.39. The molecule has 174 valence electrons. The van der Waals surface area contributed by atoms with Crippen molar-refractivity contribution < 1.29 is 37.3 Å². The van der Waals surface area contributed by atoms with Crippen LogP contribution in [-0.2, 0) is 19.1 Å². The summed E-state index contributed by atoms with van der Waals surface area (Å²) in [5.74, 6) is -1.15. The standard InChI is InChI=1S/C18H32N2O3.C2HF3O2/c1-3-22-13-17(21)20-8-6-18(7-9-20)14-19(2)10-16(18)12-23-11-15-4-5-15;3-2(4,5)1(6)7/h15-16H,3-14H2,1-2H3;(H,6,7).